The summed E-state index contributed by atoms with van der Waals surface area (Å²) in [6.45, 7) is 7.80. The van der Waals surface area contributed by atoms with Crippen molar-refractivity contribution in [3.05, 3.63) is 23.5 Å². The minimum Gasteiger partial charge on any atom is -0.477 e. The highest BCUT2D eigenvalue weighted by Gasteiger charge is 2.18. The lowest BCUT2D eigenvalue weighted by molar-refractivity contribution is 0.0682. The molecule has 1 aromatic rings. The van der Waals surface area contributed by atoms with Crippen molar-refractivity contribution in [3.8, 4) is 0 Å². The van der Waals surface area contributed by atoms with Crippen molar-refractivity contribution in [2.75, 3.05) is 0 Å². The van der Waals surface area contributed by atoms with Crippen LogP contribution in [0.1, 0.15) is 73.8 Å². The third-order valence-corrected chi connectivity index (χ3v) is 3.35. The van der Waals surface area contributed by atoms with Gasteiger partial charge in [0.05, 0.1) is 0 Å². The number of aromatic nitrogens is 1. The zero-order chi connectivity index (χ0) is 14.6. The van der Waals surface area contributed by atoms with E-state index in [-0.39, 0.29) is 17.5 Å². The van der Waals surface area contributed by atoms with Crippen molar-refractivity contribution in [1.29, 1.82) is 0 Å². The zero-order valence-electron chi connectivity index (χ0n) is 12.1. The quantitative estimate of drug-likeness (QED) is 0.763. The van der Waals surface area contributed by atoms with E-state index in [1.807, 2.05) is 6.92 Å². The number of nitrogens with zero attached hydrogens (tertiary/aromatic N) is 1. The first-order valence-electron chi connectivity index (χ1n) is 6.79. The molecule has 1 heterocycles. The molecule has 0 aliphatic heterocycles. The molecule has 0 aliphatic rings. The Hall–Kier alpha value is -1.58. The van der Waals surface area contributed by atoms with Gasteiger partial charge in [-0.3, -0.25) is 4.79 Å². The first kappa shape index (κ1) is 15.5. The molecule has 1 aromatic heterocycles. The standard InChI is InChI=1S/C15H23NO3/c1-10(2)6-5-7-11(3)16-9-13(12(4)17)8-14(16)15(18)19/h8-11H,5-7H2,1-4H3,(H,18,19). The first-order chi connectivity index (χ1) is 8.82. The Bertz CT molecular complexity index is 460. The molecule has 0 aliphatic carbocycles. The van der Waals surface area contributed by atoms with Crippen LogP contribution in [0.25, 0.3) is 0 Å². The average molecular weight is 265 g/mol. The van der Waals surface area contributed by atoms with Crippen molar-refractivity contribution in [3.63, 3.8) is 0 Å². The minimum absolute atomic E-state index is 0.0953. The lowest BCUT2D eigenvalue weighted by Crippen LogP contribution is -2.12. The van der Waals surface area contributed by atoms with Gasteiger partial charge in [-0.2, -0.15) is 0 Å². The number of carbonyl (C=O) groups excluding carboxylic acids is 1. The van der Waals surface area contributed by atoms with Crippen molar-refractivity contribution in [1.82, 2.24) is 4.57 Å². The lowest BCUT2D eigenvalue weighted by Gasteiger charge is -2.16. The van der Waals surface area contributed by atoms with Crippen LogP contribution in [0.5, 0.6) is 0 Å². The Morgan fingerprint density at radius 1 is 1.26 bits per heavy atom. The molecule has 0 radical (unpaired) electrons. The van der Waals surface area contributed by atoms with E-state index in [1.165, 1.54) is 13.0 Å². The maximum atomic E-state index is 11.4. The van der Waals surface area contributed by atoms with E-state index in [4.69, 9.17) is 0 Å². The van der Waals surface area contributed by atoms with Crippen LogP contribution >= 0.6 is 0 Å². The lowest BCUT2D eigenvalue weighted by atomic mass is 10.0. The van der Waals surface area contributed by atoms with Gasteiger partial charge in [0, 0.05) is 17.8 Å². The molecule has 0 amide bonds. The molecule has 4 nitrogen and oxygen atoms in total. The summed E-state index contributed by atoms with van der Waals surface area (Å²) < 4.78 is 1.71. The molecule has 1 atom stereocenters. The third-order valence-electron chi connectivity index (χ3n) is 3.35. The number of aromatic carboxylic acids is 1. The van der Waals surface area contributed by atoms with Gasteiger partial charge in [0.15, 0.2) is 5.78 Å². The maximum absolute atomic E-state index is 11.4. The Kier molecular flexibility index (Phi) is 5.33. The van der Waals surface area contributed by atoms with Crippen LogP contribution in [0.2, 0.25) is 0 Å². The second kappa shape index (κ2) is 6.55. The Labute approximate surface area is 114 Å². The van der Waals surface area contributed by atoms with Gasteiger partial charge in [-0.15, -0.1) is 0 Å². The molecule has 0 saturated heterocycles. The number of carbonyl (C=O) groups is 2. The summed E-state index contributed by atoms with van der Waals surface area (Å²) >= 11 is 0. The van der Waals surface area contributed by atoms with E-state index in [0.717, 1.165) is 19.3 Å². The molecule has 1 N–H and O–H groups in total. The number of hydrogen-bond donors (Lipinski definition) is 1. The van der Waals surface area contributed by atoms with Gasteiger partial charge in [0.1, 0.15) is 5.69 Å². The fraction of sp³-hybridized carbons (Fsp3) is 0.600. The van der Waals surface area contributed by atoms with Crippen LogP contribution < -0.4 is 0 Å². The molecule has 0 fully saturated rings. The predicted molar refractivity (Wildman–Crippen MR) is 74.8 cm³/mol. The highest BCUT2D eigenvalue weighted by Crippen LogP contribution is 2.21. The Balaban J connectivity index is 2.85. The first-order valence-corrected chi connectivity index (χ1v) is 6.79. The summed E-state index contributed by atoms with van der Waals surface area (Å²) in [6.07, 6.45) is 4.77. The third kappa shape index (κ3) is 4.23. The molecule has 0 bridgehead atoms. The number of carboxylic acids is 1. The van der Waals surface area contributed by atoms with Gasteiger partial charge >= 0.3 is 5.97 Å². The Morgan fingerprint density at radius 3 is 2.37 bits per heavy atom. The van der Waals surface area contributed by atoms with Crippen LogP contribution in [-0.4, -0.2) is 21.4 Å². The van der Waals surface area contributed by atoms with Crippen molar-refractivity contribution < 1.29 is 14.7 Å². The highest BCUT2D eigenvalue weighted by molar-refractivity contribution is 5.97. The zero-order valence-corrected chi connectivity index (χ0v) is 12.1. The smallest absolute Gasteiger partial charge is 0.352 e. The molecule has 0 saturated carbocycles. The summed E-state index contributed by atoms with van der Waals surface area (Å²) in [4.78, 5) is 22.6. The van der Waals surface area contributed by atoms with Crippen molar-refractivity contribution in [2.24, 2.45) is 5.92 Å². The van der Waals surface area contributed by atoms with E-state index in [0.29, 0.717) is 11.5 Å². The molecule has 1 unspecified atom stereocenters. The minimum atomic E-state index is -0.983. The van der Waals surface area contributed by atoms with Crippen LogP contribution in [-0.2, 0) is 0 Å². The summed E-state index contributed by atoms with van der Waals surface area (Å²) in [5, 5.41) is 9.19. The number of ketones is 1. The molecule has 0 aromatic carbocycles. The number of carboxylic acid groups (broad SMARTS) is 1. The SMILES string of the molecule is CC(=O)c1cc(C(=O)O)n(C(C)CCCC(C)C)c1. The van der Waals surface area contributed by atoms with E-state index < -0.39 is 5.97 Å². The van der Waals surface area contributed by atoms with Gasteiger partial charge in [-0.25, -0.2) is 4.79 Å². The van der Waals surface area contributed by atoms with Gasteiger partial charge in [-0.1, -0.05) is 26.7 Å². The molecule has 1 rings (SSSR count). The maximum Gasteiger partial charge on any atom is 0.352 e. The molecular weight excluding hydrogens is 242 g/mol. The fourth-order valence-corrected chi connectivity index (χ4v) is 2.17. The van der Waals surface area contributed by atoms with Crippen molar-refractivity contribution >= 4 is 11.8 Å². The van der Waals surface area contributed by atoms with E-state index in [2.05, 4.69) is 13.8 Å². The Morgan fingerprint density at radius 2 is 1.89 bits per heavy atom. The summed E-state index contributed by atoms with van der Waals surface area (Å²) in [6, 6.07) is 1.56. The molecule has 0 spiro atoms. The van der Waals surface area contributed by atoms with Crippen LogP contribution in [0, 0.1) is 5.92 Å². The normalized spacial score (nSPS) is 12.7. The predicted octanol–water partition coefficient (Wildman–Crippen LogP) is 3.78. The van der Waals surface area contributed by atoms with Gasteiger partial charge in [-0.05, 0) is 32.3 Å². The fourth-order valence-electron chi connectivity index (χ4n) is 2.17. The van der Waals surface area contributed by atoms with Gasteiger partial charge in [0.25, 0.3) is 0 Å². The second-order valence-electron chi connectivity index (χ2n) is 5.56. The average Bonchev–Trinajstić information content (AvgIpc) is 2.73. The van der Waals surface area contributed by atoms with Gasteiger partial charge < -0.3 is 9.67 Å². The number of Topliss-reactive ketones (excluding diaryl/α,β-unsaturated/α-hetero) is 1. The summed E-state index contributed by atoms with van der Waals surface area (Å²) in [5.41, 5.74) is 0.662. The van der Waals surface area contributed by atoms with Crippen molar-refractivity contribution in [2.45, 2.75) is 53.0 Å². The van der Waals surface area contributed by atoms with E-state index in [9.17, 15) is 14.7 Å². The summed E-state index contributed by atoms with van der Waals surface area (Å²) in [7, 11) is 0. The van der Waals surface area contributed by atoms with Crippen LogP contribution in [0.15, 0.2) is 12.3 Å². The second-order valence-corrected chi connectivity index (χ2v) is 5.56. The molecule has 106 valence electrons. The number of hydrogen-bond acceptors (Lipinski definition) is 2. The summed E-state index contributed by atoms with van der Waals surface area (Å²) in [5.74, 6) is -0.428. The topological polar surface area (TPSA) is 59.3 Å². The van der Waals surface area contributed by atoms with E-state index >= 15 is 0 Å². The largest absolute Gasteiger partial charge is 0.477 e. The highest BCUT2D eigenvalue weighted by atomic mass is 16.4. The monoisotopic (exact) mass is 265 g/mol. The molecule has 19 heavy (non-hydrogen) atoms. The molecule has 4 heteroatoms. The number of rotatable bonds is 7. The van der Waals surface area contributed by atoms with E-state index in [1.54, 1.807) is 10.8 Å². The van der Waals surface area contributed by atoms with Crippen LogP contribution in [0.4, 0.5) is 0 Å². The molecular formula is C15H23NO3. The van der Waals surface area contributed by atoms with Gasteiger partial charge in [0.2, 0.25) is 0 Å². The van der Waals surface area contributed by atoms with Crippen LogP contribution in [0.3, 0.4) is 0 Å².